The van der Waals surface area contributed by atoms with Crippen LogP contribution in [0.1, 0.15) is 38.1 Å². The Bertz CT molecular complexity index is 1140. The minimum Gasteiger partial charge on any atom is -0.325 e. The highest BCUT2D eigenvalue weighted by Crippen LogP contribution is 2.30. The molecule has 3 amide bonds. The zero-order chi connectivity index (χ0) is 21.8. The van der Waals surface area contributed by atoms with Crippen LogP contribution in [0, 0.1) is 19.7 Å². The Morgan fingerprint density at radius 3 is 2.33 bits per heavy atom. The second-order valence-corrected chi connectivity index (χ2v) is 7.82. The SMILES string of the molecule is CC(=O)Nc1ccc(C)cc1NC(=O)c1sc(NC(=O)c2cccc(F)c2)cc1C. The minimum atomic E-state index is -0.502. The van der Waals surface area contributed by atoms with Gasteiger partial charge < -0.3 is 16.0 Å². The molecule has 0 fully saturated rings. The van der Waals surface area contributed by atoms with Crippen molar-refractivity contribution in [1.82, 2.24) is 0 Å². The summed E-state index contributed by atoms with van der Waals surface area (Å²) in [7, 11) is 0. The highest BCUT2D eigenvalue weighted by Gasteiger charge is 2.17. The van der Waals surface area contributed by atoms with E-state index in [1.165, 1.54) is 25.1 Å². The topological polar surface area (TPSA) is 87.3 Å². The normalized spacial score (nSPS) is 10.4. The van der Waals surface area contributed by atoms with Gasteiger partial charge in [0.1, 0.15) is 5.82 Å². The standard InChI is InChI=1S/C22H20FN3O3S/c1-12-7-8-17(24-14(3)27)18(9-12)25-22(29)20-13(2)10-19(30-20)26-21(28)15-5-4-6-16(23)11-15/h4-11H,1-3H3,(H,24,27)(H,25,29)(H,26,28). The second kappa shape index (κ2) is 8.87. The van der Waals surface area contributed by atoms with Crippen LogP contribution in [-0.4, -0.2) is 17.7 Å². The van der Waals surface area contributed by atoms with Gasteiger partial charge in [-0.05, 0) is 61.4 Å². The molecule has 0 aliphatic rings. The van der Waals surface area contributed by atoms with Crippen LogP contribution in [0.15, 0.2) is 48.5 Å². The van der Waals surface area contributed by atoms with Crippen LogP contribution in [0.5, 0.6) is 0 Å². The Kier molecular flexibility index (Phi) is 6.27. The van der Waals surface area contributed by atoms with Crippen LogP contribution in [0.2, 0.25) is 0 Å². The molecule has 3 aromatic rings. The fourth-order valence-corrected chi connectivity index (χ4v) is 3.79. The van der Waals surface area contributed by atoms with Crippen molar-refractivity contribution >= 4 is 45.4 Å². The van der Waals surface area contributed by atoms with Crippen LogP contribution in [0.4, 0.5) is 20.8 Å². The summed E-state index contributed by atoms with van der Waals surface area (Å²) in [4.78, 5) is 37.0. The van der Waals surface area contributed by atoms with Crippen molar-refractivity contribution in [3.8, 4) is 0 Å². The number of hydrogen-bond acceptors (Lipinski definition) is 4. The monoisotopic (exact) mass is 425 g/mol. The highest BCUT2D eigenvalue weighted by molar-refractivity contribution is 7.18. The van der Waals surface area contributed by atoms with E-state index in [1.54, 1.807) is 25.1 Å². The number of nitrogens with one attached hydrogen (secondary N) is 3. The molecule has 1 aromatic heterocycles. The number of halogens is 1. The van der Waals surface area contributed by atoms with Gasteiger partial charge in [0.15, 0.2) is 0 Å². The van der Waals surface area contributed by atoms with E-state index < -0.39 is 11.7 Å². The van der Waals surface area contributed by atoms with Gasteiger partial charge in [0.25, 0.3) is 11.8 Å². The lowest BCUT2D eigenvalue weighted by Crippen LogP contribution is -2.15. The molecular weight excluding hydrogens is 405 g/mol. The van der Waals surface area contributed by atoms with E-state index in [9.17, 15) is 18.8 Å². The fourth-order valence-electron chi connectivity index (χ4n) is 2.82. The molecule has 2 aromatic carbocycles. The molecule has 0 unspecified atom stereocenters. The van der Waals surface area contributed by atoms with E-state index in [1.807, 2.05) is 13.0 Å². The average Bonchev–Trinajstić information content (AvgIpc) is 3.04. The molecule has 0 saturated heterocycles. The maximum atomic E-state index is 13.3. The highest BCUT2D eigenvalue weighted by atomic mass is 32.1. The van der Waals surface area contributed by atoms with E-state index in [-0.39, 0.29) is 17.4 Å². The molecule has 30 heavy (non-hydrogen) atoms. The summed E-state index contributed by atoms with van der Waals surface area (Å²) in [6, 6.07) is 12.4. The number of hydrogen-bond donors (Lipinski definition) is 3. The van der Waals surface area contributed by atoms with Crippen molar-refractivity contribution < 1.29 is 18.8 Å². The lowest BCUT2D eigenvalue weighted by molar-refractivity contribution is -0.114. The van der Waals surface area contributed by atoms with E-state index in [0.29, 0.717) is 26.8 Å². The number of rotatable bonds is 5. The summed E-state index contributed by atoms with van der Waals surface area (Å²) in [6.45, 7) is 5.03. The van der Waals surface area contributed by atoms with Crippen LogP contribution >= 0.6 is 11.3 Å². The number of carbonyl (C=O) groups is 3. The van der Waals surface area contributed by atoms with Crippen molar-refractivity contribution in [2.45, 2.75) is 20.8 Å². The summed E-state index contributed by atoms with van der Waals surface area (Å²) in [5.74, 6) is -1.57. The molecule has 3 N–H and O–H groups in total. The van der Waals surface area contributed by atoms with Crippen molar-refractivity contribution in [3.05, 3.63) is 75.9 Å². The Labute approximate surface area is 177 Å². The molecule has 154 valence electrons. The number of thiophene rings is 1. The Hall–Kier alpha value is -3.52. The zero-order valence-corrected chi connectivity index (χ0v) is 17.4. The number of amides is 3. The molecule has 0 aliphatic carbocycles. The summed E-state index contributed by atoms with van der Waals surface area (Å²) in [5, 5.41) is 8.66. The largest absolute Gasteiger partial charge is 0.325 e. The second-order valence-electron chi connectivity index (χ2n) is 6.77. The lowest BCUT2D eigenvalue weighted by Gasteiger charge is -2.12. The van der Waals surface area contributed by atoms with E-state index >= 15 is 0 Å². The fraction of sp³-hybridized carbons (Fsp3) is 0.136. The Morgan fingerprint density at radius 1 is 0.867 bits per heavy atom. The van der Waals surface area contributed by atoms with Crippen molar-refractivity contribution in [2.75, 3.05) is 16.0 Å². The molecular formula is C22H20FN3O3S. The van der Waals surface area contributed by atoms with Gasteiger partial charge in [-0.2, -0.15) is 0 Å². The predicted octanol–water partition coefficient (Wildman–Crippen LogP) is 4.97. The molecule has 1 heterocycles. The van der Waals surface area contributed by atoms with Gasteiger partial charge >= 0.3 is 0 Å². The molecule has 0 bridgehead atoms. The average molecular weight is 425 g/mol. The van der Waals surface area contributed by atoms with Crippen LogP contribution in [0.25, 0.3) is 0 Å². The smallest absolute Gasteiger partial charge is 0.266 e. The van der Waals surface area contributed by atoms with Gasteiger partial charge in [0, 0.05) is 12.5 Å². The van der Waals surface area contributed by atoms with Gasteiger partial charge in [0.05, 0.1) is 21.3 Å². The van der Waals surface area contributed by atoms with Gasteiger partial charge in [-0.25, -0.2) is 4.39 Å². The quantitative estimate of drug-likeness (QED) is 0.540. The van der Waals surface area contributed by atoms with Crippen LogP contribution in [-0.2, 0) is 4.79 Å². The van der Waals surface area contributed by atoms with E-state index in [0.717, 1.165) is 23.0 Å². The Morgan fingerprint density at radius 2 is 1.63 bits per heavy atom. The molecule has 0 spiro atoms. The number of aryl methyl sites for hydroxylation is 2. The number of carbonyl (C=O) groups excluding carboxylic acids is 3. The molecule has 3 rings (SSSR count). The van der Waals surface area contributed by atoms with Gasteiger partial charge in [-0.3, -0.25) is 14.4 Å². The summed E-state index contributed by atoms with van der Waals surface area (Å²) < 4.78 is 13.3. The molecule has 0 radical (unpaired) electrons. The first kappa shape index (κ1) is 21.2. The number of anilines is 3. The Balaban J connectivity index is 1.78. The maximum absolute atomic E-state index is 13.3. The molecule has 0 aliphatic heterocycles. The maximum Gasteiger partial charge on any atom is 0.266 e. The molecule has 0 atom stereocenters. The first-order valence-corrected chi connectivity index (χ1v) is 9.91. The van der Waals surface area contributed by atoms with Gasteiger partial charge in [0.2, 0.25) is 5.91 Å². The first-order valence-electron chi connectivity index (χ1n) is 9.10. The van der Waals surface area contributed by atoms with Gasteiger partial charge in [-0.1, -0.05) is 12.1 Å². The van der Waals surface area contributed by atoms with Crippen LogP contribution < -0.4 is 16.0 Å². The van der Waals surface area contributed by atoms with E-state index in [4.69, 9.17) is 0 Å². The van der Waals surface area contributed by atoms with Gasteiger partial charge in [-0.15, -0.1) is 11.3 Å². The van der Waals surface area contributed by atoms with Crippen molar-refractivity contribution in [2.24, 2.45) is 0 Å². The molecule has 0 saturated carbocycles. The first-order chi connectivity index (χ1) is 14.2. The third-order valence-electron chi connectivity index (χ3n) is 4.18. The predicted molar refractivity (Wildman–Crippen MR) is 117 cm³/mol. The summed E-state index contributed by atoms with van der Waals surface area (Å²) in [5.41, 5.74) is 2.77. The zero-order valence-electron chi connectivity index (χ0n) is 16.6. The van der Waals surface area contributed by atoms with Crippen molar-refractivity contribution in [1.29, 1.82) is 0 Å². The summed E-state index contributed by atoms with van der Waals surface area (Å²) in [6.07, 6.45) is 0. The van der Waals surface area contributed by atoms with Crippen LogP contribution in [0.3, 0.4) is 0 Å². The number of benzene rings is 2. The summed E-state index contributed by atoms with van der Waals surface area (Å²) >= 11 is 1.11. The third-order valence-corrected chi connectivity index (χ3v) is 5.33. The lowest BCUT2D eigenvalue weighted by atomic mass is 10.1. The van der Waals surface area contributed by atoms with Crippen molar-refractivity contribution in [3.63, 3.8) is 0 Å². The molecule has 6 nitrogen and oxygen atoms in total. The molecule has 8 heteroatoms. The minimum absolute atomic E-state index is 0.187. The third kappa shape index (κ3) is 5.09. The van der Waals surface area contributed by atoms with E-state index in [2.05, 4.69) is 16.0 Å².